The van der Waals surface area contributed by atoms with Gasteiger partial charge in [0.25, 0.3) is 5.91 Å². The molecule has 1 amide bonds. The number of para-hydroxylation sites is 1. The van der Waals surface area contributed by atoms with Gasteiger partial charge in [0.2, 0.25) is 0 Å². The summed E-state index contributed by atoms with van der Waals surface area (Å²) in [5.74, 6) is 0.338. The van der Waals surface area contributed by atoms with Crippen molar-refractivity contribution in [3.63, 3.8) is 0 Å². The van der Waals surface area contributed by atoms with E-state index in [2.05, 4.69) is 16.6 Å². The fraction of sp³-hybridized carbons (Fsp3) is 0.222. The summed E-state index contributed by atoms with van der Waals surface area (Å²) in [4.78, 5) is 22.8. The average molecular weight is 329 g/mol. The third-order valence-electron chi connectivity index (χ3n) is 3.21. The Balaban J connectivity index is 1.93. The number of carbonyl (C=O) groups excluding carboxylic acids is 2. The number of hydrogen-bond acceptors (Lipinski definition) is 5. The number of esters is 1. The van der Waals surface area contributed by atoms with Gasteiger partial charge >= 0.3 is 5.97 Å². The van der Waals surface area contributed by atoms with Gasteiger partial charge in [-0.15, -0.1) is 6.58 Å². The average Bonchev–Trinajstić information content (AvgIpc) is 3.08. The van der Waals surface area contributed by atoms with E-state index in [1.54, 1.807) is 12.1 Å². The smallest absolute Gasteiger partial charge is 0.325 e. The second-order valence-electron chi connectivity index (χ2n) is 4.91. The van der Waals surface area contributed by atoms with Crippen LogP contribution in [0.1, 0.15) is 21.9 Å². The summed E-state index contributed by atoms with van der Waals surface area (Å²) in [5.41, 5.74) is 1.02. The normalized spacial score (nSPS) is 10.0. The van der Waals surface area contributed by atoms with Crippen molar-refractivity contribution in [3.05, 3.63) is 66.1 Å². The van der Waals surface area contributed by atoms with E-state index in [0.29, 0.717) is 12.2 Å². The summed E-state index contributed by atoms with van der Waals surface area (Å²) in [5, 5.41) is 2.40. The summed E-state index contributed by atoms with van der Waals surface area (Å²) in [6.07, 6.45) is 2.51. The van der Waals surface area contributed by atoms with E-state index in [9.17, 15) is 9.59 Å². The van der Waals surface area contributed by atoms with Crippen molar-refractivity contribution in [2.24, 2.45) is 0 Å². The quantitative estimate of drug-likeness (QED) is 0.595. The molecule has 0 aliphatic carbocycles. The van der Waals surface area contributed by atoms with Crippen molar-refractivity contribution in [2.45, 2.75) is 13.0 Å². The van der Waals surface area contributed by atoms with Gasteiger partial charge in [0, 0.05) is 0 Å². The summed E-state index contributed by atoms with van der Waals surface area (Å²) in [7, 11) is 1.25. The fourth-order valence-corrected chi connectivity index (χ4v) is 2.01. The van der Waals surface area contributed by atoms with Crippen LogP contribution in [0.25, 0.3) is 0 Å². The van der Waals surface area contributed by atoms with Crippen LogP contribution in [0.15, 0.2) is 53.5 Å². The Hall–Kier alpha value is -3.02. The second-order valence-corrected chi connectivity index (χ2v) is 4.91. The number of rotatable bonds is 8. The number of benzene rings is 1. The van der Waals surface area contributed by atoms with E-state index < -0.39 is 11.9 Å². The molecule has 0 fully saturated rings. The van der Waals surface area contributed by atoms with Crippen molar-refractivity contribution in [1.29, 1.82) is 0 Å². The molecule has 2 rings (SSSR count). The number of nitrogens with one attached hydrogen (secondary N) is 1. The first-order valence-corrected chi connectivity index (χ1v) is 7.39. The first kappa shape index (κ1) is 17.3. The molecule has 1 aromatic carbocycles. The van der Waals surface area contributed by atoms with Gasteiger partial charge in [-0.3, -0.25) is 9.59 Å². The Morgan fingerprint density at radius 1 is 1.25 bits per heavy atom. The van der Waals surface area contributed by atoms with Gasteiger partial charge in [0.05, 0.1) is 7.11 Å². The number of methoxy groups -OCH3 is 1. The first-order chi connectivity index (χ1) is 11.6. The monoisotopic (exact) mass is 329 g/mol. The molecule has 2 aromatic rings. The van der Waals surface area contributed by atoms with Crippen molar-refractivity contribution in [3.8, 4) is 5.75 Å². The van der Waals surface area contributed by atoms with Crippen molar-refractivity contribution >= 4 is 11.9 Å². The van der Waals surface area contributed by atoms with Crippen molar-refractivity contribution < 1.29 is 23.5 Å². The third kappa shape index (κ3) is 4.74. The maximum atomic E-state index is 11.8. The van der Waals surface area contributed by atoms with E-state index in [1.165, 1.54) is 13.2 Å². The largest absolute Gasteiger partial charge is 0.485 e. The van der Waals surface area contributed by atoms with Crippen LogP contribution >= 0.6 is 0 Å². The van der Waals surface area contributed by atoms with Crippen LogP contribution < -0.4 is 10.1 Å². The van der Waals surface area contributed by atoms with Crippen LogP contribution in [0.5, 0.6) is 5.75 Å². The lowest BCUT2D eigenvalue weighted by Crippen LogP contribution is -2.29. The number of furan rings is 1. The van der Waals surface area contributed by atoms with Gasteiger partial charge < -0.3 is 19.2 Å². The molecule has 0 atom stereocenters. The summed E-state index contributed by atoms with van der Waals surface area (Å²) >= 11 is 0. The minimum Gasteiger partial charge on any atom is -0.485 e. The van der Waals surface area contributed by atoms with Crippen LogP contribution in [0.4, 0.5) is 0 Å². The van der Waals surface area contributed by atoms with E-state index in [4.69, 9.17) is 9.15 Å². The highest BCUT2D eigenvalue weighted by atomic mass is 16.5. The predicted molar refractivity (Wildman–Crippen MR) is 87.7 cm³/mol. The Morgan fingerprint density at radius 3 is 2.79 bits per heavy atom. The molecule has 0 radical (unpaired) electrons. The van der Waals surface area contributed by atoms with Gasteiger partial charge in [-0.1, -0.05) is 24.3 Å². The maximum absolute atomic E-state index is 11.8. The number of carbonyl (C=O) groups is 2. The van der Waals surface area contributed by atoms with E-state index >= 15 is 0 Å². The molecule has 6 nitrogen and oxygen atoms in total. The fourth-order valence-electron chi connectivity index (χ4n) is 2.01. The Labute approximate surface area is 140 Å². The molecule has 1 heterocycles. The lowest BCUT2D eigenvalue weighted by molar-refractivity contribution is -0.139. The SMILES string of the molecule is C=CCc1ccccc1OCc1ccc(C(=O)NCC(=O)OC)o1. The molecule has 6 heteroatoms. The van der Waals surface area contributed by atoms with Crippen LogP contribution in [-0.2, 0) is 22.6 Å². The minimum absolute atomic E-state index is 0.108. The van der Waals surface area contributed by atoms with Crippen LogP contribution in [0, 0.1) is 0 Å². The molecule has 0 aliphatic heterocycles. The maximum Gasteiger partial charge on any atom is 0.325 e. The standard InChI is InChI=1S/C18H19NO5/c1-3-6-13-7-4-5-8-15(13)23-12-14-9-10-16(24-14)18(21)19-11-17(20)22-2/h3-5,7-10H,1,6,11-12H2,2H3,(H,19,21). The summed E-state index contributed by atoms with van der Waals surface area (Å²) in [6.45, 7) is 3.70. The molecule has 0 aliphatic rings. The second kappa shape index (κ2) is 8.57. The minimum atomic E-state index is -0.530. The van der Waals surface area contributed by atoms with Gasteiger partial charge in [-0.05, 0) is 30.2 Å². The molecule has 24 heavy (non-hydrogen) atoms. The Morgan fingerprint density at radius 2 is 2.04 bits per heavy atom. The van der Waals surface area contributed by atoms with E-state index in [0.717, 1.165) is 11.3 Å². The van der Waals surface area contributed by atoms with E-state index in [1.807, 2.05) is 24.3 Å². The predicted octanol–water partition coefficient (Wildman–Crippen LogP) is 2.49. The van der Waals surface area contributed by atoms with Crippen molar-refractivity contribution in [1.82, 2.24) is 5.32 Å². The Kier molecular flexibility index (Phi) is 6.19. The molecule has 0 bridgehead atoms. The van der Waals surface area contributed by atoms with Gasteiger partial charge in [-0.25, -0.2) is 0 Å². The van der Waals surface area contributed by atoms with E-state index in [-0.39, 0.29) is 18.9 Å². The number of hydrogen-bond donors (Lipinski definition) is 1. The molecular weight excluding hydrogens is 310 g/mol. The van der Waals surface area contributed by atoms with Gasteiger partial charge in [-0.2, -0.15) is 0 Å². The molecule has 1 aromatic heterocycles. The number of ether oxygens (including phenoxy) is 2. The summed E-state index contributed by atoms with van der Waals surface area (Å²) < 4.78 is 15.6. The van der Waals surface area contributed by atoms with Gasteiger partial charge in [0.1, 0.15) is 24.7 Å². The zero-order valence-electron chi connectivity index (χ0n) is 13.4. The lowest BCUT2D eigenvalue weighted by Gasteiger charge is -2.08. The molecule has 0 spiro atoms. The topological polar surface area (TPSA) is 77.8 Å². The lowest BCUT2D eigenvalue weighted by atomic mass is 10.1. The zero-order chi connectivity index (χ0) is 17.4. The molecule has 0 saturated carbocycles. The van der Waals surface area contributed by atoms with Crippen LogP contribution in [-0.4, -0.2) is 25.5 Å². The number of amides is 1. The Bertz CT molecular complexity index is 720. The zero-order valence-corrected chi connectivity index (χ0v) is 13.4. The molecule has 1 N–H and O–H groups in total. The van der Waals surface area contributed by atoms with Crippen LogP contribution in [0.2, 0.25) is 0 Å². The first-order valence-electron chi connectivity index (χ1n) is 7.39. The molecule has 0 unspecified atom stereocenters. The highest BCUT2D eigenvalue weighted by molar-refractivity contribution is 5.93. The number of allylic oxidation sites excluding steroid dienone is 1. The molecule has 126 valence electrons. The summed E-state index contributed by atoms with van der Waals surface area (Å²) in [6, 6.07) is 10.8. The highest BCUT2D eigenvalue weighted by Crippen LogP contribution is 2.20. The van der Waals surface area contributed by atoms with Gasteiger partial charge in [0.15, 0.2) is 5.76 Å². The van der Waals surface area contributed by atoms with Crippen molar-refractivity contribution in [2.75, 3.05) is 13.7 Å². The highest BCUT2D eigenvalue weighted by Gasteiger charge is 2.13. The molecular formula is C18H19NO5. The third-order valence-corrected chi connectivity index (χ3v) is 3.21. The van der Waals surface area contributed by atoms with Crippen LogP contribution in [0.3, 0.4) is 0 Å². The molecule has 0 saturated heterocycles.